The van der Waals surface area contributed by atoms with Crippen LogP contribution in [-0.4, -0.2) is 31.5 Å². The first kappa shape index (κ1) is 16.7. The predicted octanol–water partition coefficient (Wildman–Crippen LogP) is 2.70. The quantitative estimate of drug-likeness (QED) is 0.786. The van der Waals surface area contributed by atoms with Crippen LogP contribution in [0.25, 0.3) is 11.0 Å². The number of hydrogen-bond acceptors (Lipinski definition) is 4. The Kier molecular flexibility index (Phi) is 4.41. The SMILES string of the molecule is CCc1nc2ccc(C(=O)NC3CCc4nccn4C3)cc2nc1CC. The third-order valence-electron chi connectivity index (χ3n) is 5.02. The van der Waals surface area contributed by atoms with E-state index in [0.29, 0.717) is 5.56 Å². The van der Waals surface area contributed by atoms with Crippen molar-refractivity contribution >= 4 is 16.9 Å². The van der Waals surface area contributed by atoms with E-state index < -0.39 is 0 Å². The average molecular weight is 349 g/mol. The largest absolute Gasteiger partial charge is 0.347 e. The van der Waals surface area contributed by atoms with E-state index in [9.17, 15) is 4.79 Å². The zero-order valence-electron chi connectivity index (χ0n) is 15.2. The first-order valence-electron chi connectivity index (χ1n) is 9.28. The summed E-state index contributed by atoms with van der Waals surface area (Å²) in [5, 5.41) is 3.15. The number of amides is 1. The summed E-state index contributed by atoms with van der Waals surface area (Å²) in [5.41, 5.74) is 4.31. The summed E-state index contributed by atoms with van der Waals surface area (Å²) < 4.78 is 2.11. The summed E-state index contributed by atoms with van der Waals surface area (Å²) in [6, 6.07) is 5.70. The smallest absolute Gasteiger partial charge is 0.251 e. The van der Waals surface area contributed by atoms with Gasteiger partial charge in [0, 0.05) is 37.0 Å². The van der Waals surface area contributed by atoms with Crippen LogP contribution in [0.5, 0.6) is 0 Å². The van der Waals surface area contributed by atoms with Crippen molar-refractivity contribution in [2.45, 2.75) is 52.1 Å². The second-order valence-corrected chi connectivity index (χ2v) is 6.73. The van der Waals surface area contributed by atoms with Gasteiger partial charge in [0.05, 0.1) is 22.4 Å². The molecule has 0 saturated heterocycles. The van der Waals surface area contributed by atoms with Crippen molar-refractivity contribution in [3.8, 4) is 0 Å². The number of nitrogens with one attached hydrogen (secondary N) is 1. The number of hydrogen-bond donors (Lipinski definition) is 1. The van der Waals surface area contributed by atoms with Gasteiger partial charge in [0.2, 0.25) is 0 Å². The van der Waals surface area contributed by atoms with Crippen molar-refractivity contribution in [2.75, 3.05) is 0 Å². The number of aromatic nitrogens is 4. The molecule has 0 fully saturated rings. The van der Waals surface area contributed by atoms with Gasteiger partial charge in [0.15, 0.2) is 0 Å². The van der Waals surface area contributed by atoms with Crippen LogP contribution in [0.3, 0.4) is 0 Å². The maximum atomic E-state index is 12.7. The fraction of sp³-hybridized carbons (Fsp3) is 0.400. The standard InChI is InChI=1S/C20H23N5O/c1-3-15-16(4-2)24-18-11-13(5-7-17(18)23-15)20(26)22-14-6-8-19-21-9-10-25(19)12-14/h5,7,9-11,14H,3-4,6,8,12H2,1-2H3,(H,22,26). The predicted molar refractivity (Wildman–Crippen MR) is 100 cm³/mol. The second kappa shape index (κ2) is 6.86. The Morgan fingerprint density at radius 1 is 1.19 bits per heavy atom. The lowest BCUT2D eigenvalue weighted by molar-refractivity contribution is 0.0927. The monoisotopic (exact) mass is 349 g/mol. The highest BCUT2D eigenvalue weighted by molar-refractivity contribution is 5.97. The van der Waals surface area contributed by atoms with Crippen LogP contribution in [0.4, 0.5) is 0 Å². The van der Waals surface area contributed by atoms with Crippen LogP contribution < -0.4 is 5.32 Å². The molecule has 0 spiro atoms. The maximum Gasteiger partial charge on any atom is 0.251 e. The summed E-state index contributed by atoms with van der Waals surface area (Å²) in [6.07, 6.45) is 7.30. The first-order valence-corrected chi connectivity index (χ1v) is 9.28. The number of imidazole rings is 1. The molecule has 2 aromatic heterocycles. The van der Waals surface area contributed by atoms with Crippen molar-refractivity contribution in [3.05, 3.63) is 53.4 Å². The molecule has 1 aromatic carbocycles. The summed E-state index contributed by atoms with van der Waals surface area (Å²) in [6.45, 7) is 4.94. The molecule has 1 unspecified atom stereocenters. The minimum absolute atomic E-state index is 0.0557. The van der Waals surface area contributed by atoms with Gasteiger partial charge in [-0.1, -0.05) is 13.8 Å². The van der Waals surface area contributed by atoms with Crippen molar-refractivity contribution in [2.24, 2.45) is 0 Å². The van der Waals surface area contributed by atoms with Gasteiger partial charge in [-0.3, -0.25) is 4.79 Å². The van der Waals surface area contributed by atoms with E-state index in [1.54, 1.807) is 0 Å². The van der Waals surface area contributed by atoms with E-state index in [2.05, 4.69) is 28.7 Å². The lowest BCUT2D eigenvalue weighted by Crippen LogP contribution is -2.40. The van der Waals surface area contributed by atoms with Gasteiger partial charge in [-0.15, -0.1) is 0 Å². The minimum Gasteiger partial charge on any atom is -0.347 e. The van der Waals surface area contributed by atoms with Gasteiger partial charge in [-0.25, -0.2) is 15.0 Å². The molecule has 3 aromatic rings. The molecule has 3 heterocycles. The van der Waals surface area contributed by atoms with E-state index >= 15 is 0 Å². The fourth-order valence-corrected chi connectivity index (χ4v) is 3.59. The minimum atomic E-state index is -0.0557. The average Bonchev–Trinajstić information content (AvgIpc) is 3.14. The number of aryl methyl sites for hydroxylation is 3. The molecule has 0 radical (unpaired) electrons. The fourth-order valence-electron chi connectivity index (χ4n) is 3.59. The Morgan fingerprint density at radius 3 is 2.73 bits per heavy atom. The summed E-state index contributed by atoms with van der Waals surface area (Å²) >= 11 is 0. The molecular formula is C20H23N5O. The third kappa shape index (κ3) is 3.07. The van der Waals surface area contributed by atoms with Gasteiger partial charge in [-0.05, 0) is 37.5 Å². The van der Waals surface area contributed by atoms with Crippen LogP contribution >= 0.6 is 0 Å². The molecule has 6 nitrogen and oxygen atoms in total. The molecule has 26 heavy (non-hydrogen) atoms. The van der Waals surface area contributed by atoms with Crippen LogP contribution in [0.2, 0.25) is 0 Å². The zero-order chi connectivity index (χ0) is 18.1. The van der Waals surface area contributed by atoms with Crippen LogP contribution in [0.1, 0.15) is 47.8 Å². The van der Waals surface area contributed by atoms with E-state index in [1.807, 2.05) is 30.6 Å². The van der Waals surface area contributed by atoms with Gasteiger partial charge in [0.25, 0.3) is 5.91 Å². The first-order chi connectivity index (χ1) is 12.7. The van der Waals surface area contributed by atoms with Crippen LogP contribution in [0.15, 0.2) is 30.6 Å². The molecule has 6 heteroatoms. The van der Waals surface area contributed by atoms with Crippen molar-refractivity contribution in [1.82, 2.24) is 24.8 Å². The highest BCUT2D eigenvalue weighted by Gasteiger charge is 2.21. The molecule has 1 atom stereocenters. The molecule has 0 saturated carbocycles. The topological polar surface area (TPSA) is 72.7 Å². The van der Waals surface area contributed by atoms with Crippen molar-refractivity contribution < 1.29 is 4.79 Å². The van der Waals surface area contributed by atoms with Gasteiger partial charge >= 0.3 is 0 Å². The number of nitrogens with zero attached hydrogens (tertiary/aromatic N) is 4. The third-order valence-corrected chi connectivity index (χ3v) is 5.02. The molecule has 134 valence electrons. The van der Waals surface area contributed by atoms with E-state index in [-0.39, 0.29) is 11.9 Å². The van der Waals surface area contributed by atoms with E-state index in [1.165, 1.54) is 0 Å². The molecule has 1 aliphatic heterocycles. The molecule has 0 bridgehead atoms. The molecule has 0 aliphatic carbocycles. The number of benzene rings is 1. The van der Waals surface area contributed by atoms with E-state index in [4.69, 9.17) is 9.97 Å². The van der Waals surface area contributed by atoms with E-state index in [0.717, 1.165) is 60.5 Å². The number of rotatable bonds is 4. The highest BCUT2D eigenvalue weighted by atomic mass is 16.1. The lowest BCUT2D eigenvalue weighted by Gasteiger charge is -2.24. The van der Waals surface area contributed by atoms with Gasteiger partial charge < -0.3 is 9.88 Å². The Labute approximate surface area is 152 Å². The number of carbonyl (C=O) groups is 1. The van der Waals surface area contributed by atoms with Crippen LogP contribution in [-0.2, 0) is 25.8 Å². The second-order valence-electron chi connectivity index (χ2n) is 6.73. The highest BCUT2D eigenvalue weighted by Crippen LogP contribution is 2.18. The van der Waals surface area contributed by atoms with Gasteiger partial charge in [-0.2, -0.15) is 0 Å². The molecule has 1 N–H and O–H groups in total. The number of fused-ring (bicyclic) bond motifs is 2. The summed E-state index contributed by atoms with van der Waals surface area (Å²) in [5.74, 6) is 1.04. The Balaban J connectivity index is 1.55. The maximum absolute atomic E-state index is 12.7. The normalized spacial score (nSPS) is 16.5. The number of carbonyl (C=O) groups excluding carboxylic acids is 1. The molecule has 1 aliphatic rings. The Hall–Kier alpha value is -2.76. The van der Waals surface area contributed by atoms with Crippen molar-refractivity contribution in [3.63, 3.8) is 0 Å². The summed E-state index contributed by atoms with van der Waals surface area (Å²) in [7, 11) is 0. The lowest BCUT2D eigenvalue weighted by atomic mass is 10.1. The molecule has 4 rings (SSSR count). The Morgan fingerprint density at radius 2 is 1.96 bits per heavy atom. The van der Waals surface area contributed by atoms with Crippen molar-refractivity contribution in [1.29, 1.82) is 0 Å². The van der Waals surface area contributed by atoms with Gasteiger partial charge in [0.1, 0.15) is 5.82 Å². The molecular weight excluding hydrogens is 326 g/mol. The Bertz CT molecular complexity index is 962. The van der Waals surface area contributed by atoms with Crippen LogP contribution in [0, 0.1) is 0 Å². The molecule has 1 amide bonds. The summed E-state index contributed by atoms with van der Waals surface area (Å²) in [4.78, 5) is 26.4. The zero-order valence-corrected chi connectivity index (χ0v) is 15.2.